The maximum Gasteiger partial charge on any atom is 0.334 e. The highest BCUT2D eigenvalue weighted by molar-refractivity contribution is 5.97. The van der Waals surface area contributed by atoms with Crippen LogP contribution in [0, 0.1) is 5.92 Å². The Morgan fingerprint density at radius 1 is 1.09 bits per heavy atom. The van der Waals surface area contributed by atoms with Crippen LogP contribution in [0.5, 0.6) is 0 Å². The van der Waals surface area contributed by atoms with E-state index in [-0.39, 0.29) is 29.6 Å². The predicted molar refractivity (Wildman–Crippen MR) is 76.5 cm³/mol. The van der Waals surface area contributed by atoms with Crippen LogP contribution in [0.1, 0.15) is 27.7 Å². The van der Waals surface area contributed by atoms with Crippen LogP contribution < -0.4 is 5.32 Å². The third kappa shape index (κ3) is 2.66. The van der Waals surface area contributed by atoms with Crippen molar-refractivity contribution in [1.82, 2.24) is 5.32 Å². The highest BCUT2D eigenvalue weighted by atomic mass is 16.6. The molecule has 0 aliphatic carbocycles. The number of hydrogen-bond donors (Lipinski definition) is 3. The van der Waals surface area contributed by atoms with Gasteiger partial charge in [-0.2, -0.15) is 0 Å². The summed E-state index contributed by atoms with van der Waals surface area (Å²) < 4.78 is 11.2. The van der Waals surface area contributed by atoms with Gasteiger partial charge in [-0.25, -0.2) is 9.59 Å². The molecule has 2 heterocycles. The van der Waals surface area contributed by atoms with E-state index in [1.807, 2.05) is 6.92 Å². The Morgan fingerprint density at radius 3 is 2.00 bits per heavy atom. The van der Waals surface area contributed by atoms with Crippen LogP contribution in [0.3, 0.4) is 0 Å². The maximum atomic E-state index is 11.6. The molecule has 0 radical (unpaired) electrons. The van der Waals surface area contributed by atoms with Crippen molar-refractivity contribution in [3.63, 3.8) is 0 Å². The molecular weight excluding hydrogens is 290 g/mol. The quantitative estimate of drug-likeness (QED) is 0.727. The molecule has 1 atom stereocenters. The van der Waals surface area contributed by atoms with Gasteiger partial charge in [-0.3, -0.25) is 0 Å². The molecule has 0 aromatic carbocycles. The molecule has 7 nitrogen and oxygen atoms in total. The van der Waals surface area contributed by atoms with Gasteiger partial charge in [0, 0.05) is 11.4 Å². The Balaban J connectivity index is 2.63. The van der Waals surface area contributed by atoms with Crippen LogP contribution in [-0.2, 0) is 19.1 Å². The number of carboxylic acid groups (broad SMARTS) is 2. The average molecular weight is 309 g/mol. The molecule has 2 rings (SSSR count). The molecule has 1 unspecified atom stereocenters. The first-order valence-corrected chi connectivity index (χ1v) is 6.89. The van der Waals surface area contributed by atoms with E-state index < -0.39 is 17.9 Å². The van der Waals surface area contributed by atoms with E-state index in [9.17, 15) is 19.8 Å². The first-order chi connectivity index (χ1) is 10.2. The van der Waals surface area contributed by atoms with Gasteiger partial charge in [0.2, 0.25) is 0 Å². The molecule has 3 N–H and O–H groups in total. The number of allylic oxidation sites excluding steroid dienone is 4. The van der Waals surface area contributed by atoms with Crippen molar-refractivity contribution >= 4 is 11.9 Å². The highest BCUT2D eigenvalue weighted by Gasteiger charge is 2.41. The molecule has 0 aromatic rings. The van der Waals surface area contributed by atoms with Crippen LogP contribution in [0.4, 0.5) is 0 Å². The number of aliphatic carboxylic acids is 2. The molecular formula is C15H19NO6. The van der Waals surface area contributed by atoms with Gasteiger partial charge < -0.3 is 25.0 Å². The van der Waals surface area contributed by atoms with Gasteiger partial charge in [0.25, 0.3) is 0 Å². The minimum absolute atomic E-state index is 0.0458. The lowest BCUT2D eigenvalue weighted by Gasteiger charge is -2.33. The summed E-state index contributed by atoms with van der Waals surface area (Å²) in [7, 11) is 0. The van der Waals surface area contributed by atoms with Crippen molar-refractivity contribution in [2.75, 3.05) is 6.61 Å². The van der Waals surface area contributed by atoms with E-state index in [0.29, 0.717) is 17.2 Å². The first-order valence-electron chi connectivity index (χ1n) is 6.89. The molecule has 0 amide bonds. The van der Waals surface area contributed by atoms with Crippen LogP contribution in [0.25, 0.3) is 0 Å². The fourth-order valence-corrected chi connectivity index (χ4v) is 2.81. The Bertz CT molecular complexity index is 592. The number of dihydropyridines is 1. The fraction of sp³-hybridized carbons (Fsp3) is 0.467. The Morgan fingerprint density at radius 2 is 1.59 bits per heavy atom. The van der Waals surface area contributed by atoms with E-state index in [4.69, 9.17) is 9.47 Å². The number of nitrogens with one attached hydrogen (secondary N) is 1. The van der Waals surface area contributed by atoms with E-state index in [1.54, 1.807) is 20.8 Å². The number of carboxylic acids is 2. The van der Waals surface area contributed by atoms with Crippen molar-refractivity contribution in [3.8, 4) is 0 Å². The summed E-state index contributed by atoms with van der Waals surface area (Å²) in [6, 6.07) is 0. The standard InChI is InChI=1S/C15H19NO6/c1-6-5-21-13(9(4)22-6)12-10(14(17)18)7(2)16-8(3)11(12)15(19)20/h6,12,16H,5H2,1-4H3,(H,17,18)(H,19,20). The third-order valence-corrected chi connectivity index (χ3v) is 3.68. The third-order valence-electron chi connectivity index (χ3n) is 3.68. The molecule has 120 valence electrons. The van der Waals surface area contributed by atoms with E-state index >= 15 is 0 Å². The van der Waals surface area contributed by atoms with Crippen molar-refractivity contribution in [1.29, 1.82) is 0 Å². The van der Waals surface area contributed by atoms with E-state index in [1.165, 1.54) is 0 Å². The number of ether oxygens (including phenoxy) is 2. The monoisotopic (exact) mass is 309 g/mol. The number of carbonyl (C=O) groups is 2. The smallest absolute Gasteiger partial charge is 0.334 e. The molecule has 2 aliphatic heterocycles. The SMILES string of the molecule is CC1=C(C(=O)O)C(C2=C(C)OC(C)CO2)C(C(=O)O)=C(C)N1. The molecule has 0 aromatic heterocycles. The number of rotatable bonds is 3. The molecule has 7 heteroatoms. The minimum atomic E-state index is -1.19. The summed E-state index contributed by atoms with van der Waals surface area (Å²) in [6.07, 6.45) is -0.165. The summed E-state index contributed by atoms with van der Waals surface area (Å²) in [5, 5.41) is 21.8. The zero-order chi connectivity index (χ0) is 16.6. The summed E-state index contributed by atoms with van der Waals surface area (Å²) >= 11 is 0. The van der Waals surface area contributed by atoms with Crippen LogP contribution >= 0.6 is 0 Å². The second-order valence-corrected chi connectivity index (χ2v) is 5.41. The summed E-state index contributed by atoms with van der Waals surface area (Å²) in [5.41, 5.74) is 0.691. The van der Waals surface area contributed by atoms with E-state index in [0.717, 1.165) is 0 Å². The average Bonchev–Trinajstić information content (AvgIpc) is 2.36. The van der Waals surface area contributed by atoms with Crippen LogP contribution in [0.15, 0.2) is 34.1 Å². The Labute approximate surface area is 127 Å². The fourth-order valence-electron chi connectivity index (χ4n) is 2.81. The van der Waals surface area contributed by atoms with Crippen LogP contribution in [0.2, 0.25) is 0 Å². The van der Waals surface area contributed by atoms with Gasteiger partial charge in [0.05, 0.1) is 17.1 Å². The van der Waals surface area contributed by atoms with Gasteiger partial charge in [0.1, 0.15) is 24.2 Å². The maximum absolute atomic E-state index is 11.6. The topological polar surface area (TPSA) is 105 Å². The predicted octanol–water partition coefficient (Wildman–Crippen LogP) is 1.59. The summed E-state index contributed by atoms with van der Waals surface area (Å²) in [6.45, 7) is 6.91. The molecule has 0 fully saturated rings. The van der Waals surface area contributed by atoms with Crippen molar-refractivity contribution in [2.24, 2.45) is 5.92 Å². The Kier molecular flexibility index (Phi) is 4.16. The Hall–Kier alpha value is -2.44. The molecule has 2 aliphatic rings. The second kappa shape index (κ2) is 5.75. The van der Waals surface area contributed by atoms with Crippen molar-refractivity contribution in [2.45, 2.75) is 33.8 Å². The van der Waals surface area contributed by atoms with Gasteiger partial charge >= 0.3 is 11.9 Å². The lowest BCUT2D eigenvalue weighted by molar-refractivity contribution is -0.134. The van der Waals surface area contributed by atoms with Crippen molar-refractivity contribution in [3.05, 3.63) is 34.1 Å². The van der Waals surface area contributed by atoms with Gasteiger partial charge in [-0.1, -0.05) is 0 Å². The van der Waals surface area contributed by atoms with Crippen molar-refractivity contribution < 1.29 is 29.3 Å². The van der Waals surface area contributed by atoms with Gasteiger partial charge in [0.15, 0.2) is 0 Å². The lowest BCUT2D eigenvalue weighted by Crippen LogP contribution is -2.36. The zero-order valence-corrected chi connectivity index (χ0v) is 12.9. The molecule has 0 saturated heterocycles. The van der Waals surface area contributed by atoms with Gasteiger partial charge in [-0.05, 0) is 27.7 Å². The second-order valence-electron chi connectivity index (χ2n) is 5.41. The van der Waals surface area contributed by atoms with E-state index in [2.05, 4.69) is 5.32 Å². The highest BCUT2D eigenvalue weighted by Crippen LogP contribution is 2.38. The molecule has 22 heavy (non-hydrogen) atoms. The minimum Gasteiger partial charge on any atom is -0.490 e. The van der Waals surface area contributed by atoms with Crippen LogP contribution in [-0.4, -0.2) is 34.9 Å². The van der Waals surface area contributed by atoms with Gasteiger partial charge in [-0.15, -0.1) is 0 Å². The summed E-state index contributed by atoms with van der Waals surface area (Å²) in [5.74, 6) is -2.73. The zero-order valence-electron chi connectivity index (χ0n) is 12.9. The molecule has 0 saturated carbocycles. The molecule has 0 spiro atoms. The molecule has 0 bridgehead atoms. The lowest BCUT2D eigenvalue weighted by atomic mass is 9.83. The largest absolute Gasteiger partial charge is 0.490 e. The normalized spacial score (nSPS) is 23.0. The first kappa shape index (κ1) is 15.9. The summed E-state index contributed by atoms with van der Waals surface area (Å²) in [4.78, 5) is 23.3. The number of hydrogen-bond acceptors (Lipinski definition) is 5.